The fourth-order valence-corrected chi connectivity index (χ4v) is 2.64. The van der Waals surface area contributed by atoms with Gasteiger partial charge in [-0.1, -0.05) is 66.7 Å². The highest BCUT2D eigenvalue weighted by Gasteiger charge is 2.24. The topological polar surface area (TPSA) is 20.3 Å². The van der Waals surface area contributed by atoms with Crippen molar-refractivity contribution in [3.63, 3.8) is 0 Å². The maximum Gasteiger partial charge on any atom is 0.238 e. The summed E-state index contributed by atoms with van der Waals surface area (Å²) in [6.07, 6.45) is 0. The lowest BCUT2D eigenvalue weighted by atomic mass is 9.99. The predicted octanol–water partition coefficient (Wildman–Crippen LogP) is 5.16. The second-order valence-corrected chi connectivity index (χ2v) is 5.48. The van der Waals surface area contributed by atoms with Crippen LogP contribution in [0, 0.1) is 0 Å². The van der Waals surface area contributed by atoms with Crippen molar-refractivity contribution in [2.75, 3.05) is 4.90 Å². The van der Waals surface area contributed by atoms with Crippen molar-refractivity contribution in [2.45, 2.75) is 12.8 Å². The second kappa shape index (κ2) is 6.93. The van der Waals surface area contributed by atoms with Crippen LogP contribution in [0.2, 0.25) is 0 Å². The van der Waals surface area contributed by atoms with Crippen molar-refractivity contribution < 1.29 is 4.79 Å². The highest BCUT2D eigenvalue weighted by Crippen LogP contribution is 2.29. The Morgan fingerprint density at radius 2 is 1.09 bits per heavy atom. The molecule has 23 heavy (non-hydrogen) atoms. The summed E-state index contributed by atoms with van der Waals surface area (Å²) in [5, 5.41) is 0. The lowest BCUT2D eigenvalue weighted by Gasteiger charge is -2.26. The Morgan fingerprint density at radius 1 is 0.696 bits per heavy atom. The molecule has 3 aromatic rings. The van der Waals surface area contributed by atoms with Crippen LogP contribution >= 0.6 is 0 Å². The van der Waals surface area contributed by atoms with Gasteiger partial charge in [-0.05, 0) is 36.8 Å². The number of para-hydroxylation sites is 2. The molecule has 0 N–H and O–H groups in total. The molecule has 3 aromatic carbocycles. The Labute approximate surface area is 137 Å². The largest absolute Gasteiger partial charge is 0.281 e. The van der Waals surface area contributed by atoms with Gasteiger partial charge < -0.3 is 0 Å². The molecule has 0 aliphatic heterocycles. The van der Waals surface area contributed by atoms with Gasteiger partial charge in [-0.15, -0.1) is 0 Å². The summed E-state index contributed by atoms with van der Waals surface area (Å²) in [7, 11) is 0. The third-order valence-electron chi connectivity index (χ3n) is 3.92. The molecule has 0 spiro atoms. The molecule has 2 nitrogen and oxygen atoms in total. The minimum absolute atomic E-state index is 0.0635. The summed E-state index contributed by atoms with van der Waals surface area (Å²) in [5.74, 6) is -0.148. The smallest absolute Gasteiger partial charge is 0.238 e. The van der Waals surface area contributed by atoms with Gasteiger partial charge in [-0.3, -0.25) is 9.69 Å². The van der Waals surface area contributed by atoms with Gasteiger partial charge in [0.15, 0.2) is 0 Å². The van der Waals surface area contributed by atoms with Crippen LogP contribution in [0.5, 0.6) is 0 Å². The molecule has 0 aromatic heterocycles. The quantitative estimate of drug-likeness (QED) is 0.652. The summed E-state index contributed by atoms with van der Waals surface area (Å²) >= 11 is 0. The van der Waals surface area contributed by atoms with Crippen molar-refractivity contribution >= 4 is 17.3 Å². The van der Waals surface area contributed by atoms with Gasteiger partial charge in [0.2, 0.25) is 5.91 Å². The van der Waals surface area contributed by atoms with E-state index in [0.29, 0.717) is 0 Å². The van der Waals surface area contributed by atoms with Crippen molar-refractivity contribution in [2.24, 2.45) is 0 Å². The van der Waals surface area contributed by atoms with Crippen LogP contribution in [0.25, 0.3) is 0 Å². The van der Waals surface area contributed by atoms with Crippen LogP contribution in [0.15, 0.2) is 91.0 Å². The molecule has 0 heterocycles. The van der Waals surface area contributed by atoms with Crippen LogP contribution in [0.3, 0.4) is 0 Å². The molecular weight excluding hydrogens is 282 g/mol. The average Bonchev–Trinajstić information content (AvgIpc) is 2.64. The van der Waals surface area contributed by atoms with Gasteiger partial charge in [0.1, 0.15) is 0 Å². The van der Waals surface area contributed by atoms with Crippen molar-refractivity contribution in [3.8, 4) is 0 Å². The minimum Gasteiger partial charge on any atom is -0.281 e. The second-order valence-electron chi connectivity index (χ2n) is 5.48. The zero-order chi connectivity index (χ0) is 16.1. The molecule has 114 valence electrons. The van der Waals surface area contributed by atoms with E-state index in [1.54, 1.807) is 4.90 Å². The van der Waals surface area contributed by atoms with E-state index in [2.05, 4.69) is 0 Å². The van der Waals surface area contributed by atoms with Crippen molar-refractivity contribution in [1.82, 2.24) is 0 Å². The SMILES string of the molecule is CC(C(=O)N(c1ccccc1)c1ccccc1)c1ccccc1. The Bertz CT molecular complexity index is 714. The highest BCUT2D eigenvalue weighted by atomic mass is 16.2. The summed E-state index contributed by atoms with van der Waals surface area (Å²) in [6.45, 7) is 1.95. The van der Waals surface area contributed by atoms with Gasteiger partial charge in [0.05, 0.1) is 5.92 Å². The lowest BCUT2D eigenvalue weighted by molar-refractivity contribution is -0.119. The molecule has 1 atom stereocenters. The van der Waals surface area contributed by atoms with Crippen LogP contribution in [-0.4, -0.2) is 5.91 Å². The molecule has 0 fully saturated rings. The molecule has 1 amide bonds. The molecule has 0 radical (unpaired) electrons. The number of amides is 1. The first-order chi connectivity index (χ1) is 11.3. The van der Waals surface area contributed by atoms with Gasteiger partial charge >= 0.3 is 0 Å². The fourth-order valence-electron chi connectivity index (χ4n) is 2.64. The van der Waals surface area contributed by atoms with Gasteiger partial charge in [0, 0.05) is 11.4 Å². The van der Waals surface area contributed by atoms with E-state index in [1.807, 2.05) is 97.9 Å². The number of carbonyl (C=O) groups is 1. The van der Waals surface area contributed by atoms with E-state index in [1.165, 1.54) is 0 Å². The van der Waals surface area contributed by atoms with E-state index in [9.17, 15) is 4.79 Å². The van der Waals surface area contributed by atoms with E-state index in [0.717, 1.165) is 16.9 Å². The first-order valence-corrected chi connectivity index (χ1v) is 7.76. The molecule has 0 aliphatic carbocycles. The summed E-state index contributed by atoms with van der Waals surface area (Å²) in [5.41, 5.74) is 2.78. The average molecular weight is 301 g/mol. The van der Waals surface area contributed by atoms with Gasteiger partial charge in [-0.25, -0.2) is 0 Å². The van der Waals surface area contributed by atoms with Crippen molar-refractivity contribution in [3.05, 3.63) is 96.6 Å². The number of hydrogen-bond donors (Lipinski definition) is 0. The van der Waals surface area contributed by atoms with Crippen molar-refractivity contribution in [1.29, 1.82) is 0 Å². The monoisotopic (exact) mass is 301 g/mol. The molecular formula is C21H19NO. The number of rotatable bonds is 4. The first kappa shape index (κ1) is 15.0. The Hall–Kier alpha value is -2.87. The minimum atomic E-state index is -0.211. The summed E-state index contributed by atoms with van der Waals surface area (Å²) < 4.78 is 0. The van der Waals surface area contributed by atoms with Crippen LogP contribution in [0.1, 0.15) is 18.4 Å². The first-order valence-electron chi connectivity index (χ1n) is 7.76. The predicted molar refractivity (Wildman–Crippen MR) is 94.9 cm³/mol. The number of anilines is 2. The maximum absolute atomic E-state index is 13.2. The van der Waals surface area contributed by atoms with Gasteiger partial charge in [-0.2, -0.15) is 0 Å². The zero-order valence-electron chi connectivity index (χ0n) is 13.1. The number of hydrogen-bond acceptors (Lipinski definition) is 1. The van der Waals surface area contributed by atoms with E-state index < -0.39 is 0 Å². The van der Waals surface area contributed by atoms with Gasteiger partial charge in [0.25, 0.3) is 0 Å². The Balaban J connectivity index is 2.00. The zero-order valence-corrected chi connectivity index (χ0v) is 13.1. The number of carbonyl (C=O) groups excluding carboxylic acids is 1. The van der Waals surface area contributed by atoms with Crippen LogP contribution in [0.4, 0.5) is 11.4 Å². The van der Waals surface area contributed by atoms with E-state index in [-0.39, 0.29) is 11.8 Å². The van der Waals surface area contributed by atoms with E-state index in [4.69, 9.17) is 0 Å². The molecule has 3 rings (SSSR count). The highest BCUT2D eigenvalue weighted by molar-refractivity contribution is 6.03. The molecule has 2 heteroatoms. The third-order valence-corrected chi connectivity index (χ3v) is 3.92. The number of benzene rings is 3. The third kappa shape index (κ3) is 3.32. The fraction of sp³-hybridized carbons (Fsp3) is 0.0952. The molecule has 0 saturated heterocycles. The van der Waals surface area contributed by atoms with Crippen LogP contribution < -0.4 is 4.90 Å². The summed E-state index contributed by atoms with van der Waals surface area (Å²) in [4.78, 5) is 15.0. The maximum atomic E-state index is 13.2. The standard InChI is InChI=1S/C21H19NO/c1-17(18-11-5-2-6-12-18)21(23)22(19-13-7-3-8-14-19)20-15-9-4-10-16-20/h2-17H,1H3. The lowest BCUT2D eigenvalue weighted by Crippen LogP contribution is -2.30. The molecule has 1 unspecified atom stereocenters. The summed E-state index contributed by atoms with van der Waals surface area (Å²) in [6, 6.07) is 29.4. The Morgan fingerprint density at radius 3 is 1.52 bits per heavy atom. The Kier molecular flexibility index (Phi) is 4.53. The normalized spacial score (nSPS) is 11.7. The van der Waals surface area contributed by atoms with E-state index >= 15 is 0 Å². The van der Waals surface area contributed by atoms with Crippen LogP contribution in [-0.2, 0) is 4.79 Å². The molecule has 0 saturated carbocycles. The number of nitrogens with zero attached hydrogens (tertiary/aromatic N) is 1. The molecule has 0 aliphatic rings. The molecule has 0 bridgehead atoms.